The van der Waals surface area contributed by atoms with Gasteiger partial charge in [-0.2, -0.15) is 0 Å². The van der Waals surface area contributed by atoms with Crippen LogP contribution >= 0.6 is 11.3 Å². The number of rotatable bonds is 5. The molecule has 7 heteroatoms. The Labute approximate surface area is 154 Å². The Morgan fingerprint density at radius 2 is 2.12 bits per heavy atom. The fraction of sp³-hybridized carbons (Fsp3) is 0.316. The van der Waals surface area contributed by atoms with Crippen molar-refractivity contribution in [1.82, 2.24) is 9.55 Å². The minimum Gasteiger partial charge on any atom is -0.497 e. The van der Waals surface area contributed by atoms with Gasteiger partial charge in [-0.15, -0.1) is 11.3 Å². The molecule has 0 atom stereocenters. The van der Waals surface area contributed by atoms with E-state index in [1.54, 1.807) is 36.6 Å². The van der Waals surface area contributed by atoms with Crippen molar-refractivity contribution in [2.75, 3.05) is 14.2 Å². The number of carbonyl (C=O) groups is 1. The average Bonchev–Trinajstić information content (AvgIpc) is 3.24. The number of hydrogen-bond donors (Lipinski definition) is 0. The van der Waals surface area contributed by atoms with E-state index in [0.717, 1.165) is 29.7 Å². The smallest absolute Gasteiger partial charge is 0.262 e. The second-order valence-electron chi connectivity index (χ2n) is 6.20. The number of benzene rings is 1. The molecule has 134 valence electrons. The normalized spacial score (nSPS) is 13.0. The van der Waals surface area contributed by atoms with Crippen LogP contribution in [0.4, 0.5) is 0 Å². The number of aryl methyl sites for hydroxylation is 2. The summed E-state index contributed by atoms with van der Waals surface area (Å²) in [4.78, 5) is 32.1. The first-order chi connectivity index (χ1) is 12.6. The molecular formula is C19H18N2O4S. The fourth-order valence-electron chi connectivity index (χ4n) is 3.40. The molecule has 1 aliphatic rings. The first-order valence-electron chi connectivity index (χ1n) is 8.37. The van der Waals surface area contributed by atoms with E-state index in [4.69, 9.17) is 9.47 Å². The molecule has 1 aromatic carbocycles. The number of carbonyl (C=O) groups excluding carboxylic acids is 1. The third-order valence-electron chi connectivity index (χ3n) is 4.71. The maximum Gasteiger partial charge on any atom is 0.262 e. The van der Waals surface area contributed by atoms with Crippen molar-refractivity contribution < 1.29 is 14.3 Å². The fourth-order valence-corrected chi connectivity index (χ4v) is 4.62. The molecule has 6 nitrogen and oxygen atoms in total. The maximum absolute atomic E-state index is 12.9. The third-order valence-corrected chi connectivity index (χ3v) is 5.91. The van der Waals surface area contributed by atoms with E-state index in [9.17, 15) is 9.59 Å². The Bertz CT molecular complexity index is 1070. The summed E-state index contributed by atoms with van der Waals surface area (Å²) >= 11 is 1.59. The van der Waals surface area contributed by atoms with Crippen molar-refractivity contribution in [3.63, 3.8) is 0 Å². The lowest BCUT2D eigenvalue weighted by Crippen LogP contribution is -2.25. The van der Waals surface area contributed by atoms with Gasteiger partial charge in [-0.05, 0) is 37.0 Å². The van der Waals surface area contributed by atoms with Gasteiger partial charge in [0.15, 0.2) is 5.78 Å². The van der Waals surface area contributed by atoms with E-state index >= 15 is 0 Å². The summed E-state index contributed by atoms with van der Waals surface area (Å²) in [6, 6.07) is 5.01. The molecule has 0 radical (unpaired) electrons. The Hall–Kier alpha value is -2.67. The Kier molecular flexibility index (Phi) is 4.24. The van der Waals surface area contributed by atoms with Crippen molar-refractivity contribution in [3.8, 4) is 11.5 Å². The van der Waals surface area contributed by atoms with E-state index in [0.29, 0.717) is 22.4 Å². The summed E-state index contributed by atoms with van der Waals surface area (Å²) in [6.07, 6.45) is 4.46. The zero-order chi connectivity index (χ0) is 18.3. The highest BCUT2D eigenvalue weighted by atomic mass is 32.1. The number of methoxy groups -OCH3 is 2. The Morgan fingerprint density at radius 3 is 2.88 bits per heavy atom. The van der Waals surface area contributed by atoms with Crippen LogP contribution in [0.3, 0.4) is 0 Å². The third kappa shape index (κ3) is 2.68. The molecule has 0 spiro atoms. The lowest BCUT2D eigenvalue weighted by molar-refractivity contribution is 0.0967. The van der Waals surface area contributed by atoms with Crippen LogP contribution < -0.4 is 15.0 Å². The zero-order valence-corrected chi connectivity index (χ0v) is 15.4. The molecule has 0 unspecified atom stereocenters. The van der Waals surface area contributed by atoms with Crippen molar-refractivity contribution in [2.45, 2.75) is 25.8 Å². The SMILES string of the molecule is COc1ccc(C(=O)Cn2cnc3sc4c(c3c2=O)CCC4)c(OC)c1. The van der Waals surface area contributed by atoms with E-state index in [1.807, 2.05) is 0 Å². The van der Waals surface area contributed by atoms with Crippen molar-refractivity contribution in [2.24, 2.45) is 0 Å². The number of nitrogens with zero attached hydrogens (tertiary/aromatic N) is 2. The predicted molar refractivity (Wildman–Crippen MR) is 99.8 cm³/mol. The quantitative estimate of drug-likeness (QED) is 0.646. The molecule has 0 saturated carbocycles. The van der Waals surface area contributed by atoms with Crippen LogP contribution in [0.1, 0.15) is 27.2 Å². The number of ketones is 1. The monoisotopic (exact) mass is 370 g/mol. The van der Waals surface area contributed by atoms with Crippen LogP contribution in [0.2, 0.25) is 0 Å². The van der Waals surface area contributed by atoms with Gasteiger partial charge in [0.25, 0.3) is 5.56 Å². The predicted octanol–water partition coefficient (Wildman–Crippen LogP) is 2.85. The van der Waals surface area contributed by atoms with E-state index in [-0.39, 0.29) is 17.9 Å². The van der Waals surface area contributed by atoms with Crippen molar-refractivity contribution >= 4 is 27.3 Å². The molecule has 0 fully saturated rings. The summed E-state index contributed by atoms with van der Waals surface area (Å²) in [5.41, 5.74) is 1.39. The number of Topliss-reactive ketones (excluding diaryl/α,β-unsaturated/α-hetero) is 1. The molecule has 0 aliphatic heterocycles. The first kappa shape index (κ1) is 16.8. The number of ether oxygens (including phenoxy) is 2. The van der Waals surface area contributed by atoms with Crippen molar-refractivity contribution in [3.05, 3.63) is 50.9 Å². The maximum atomic E-state index is 12.9. The Balaban J connectivity index is 1.70. The molecule has 0 amide bonds. The lowest BCUT2D eigenvalue weighted by Gasteiger charge is -2.10. The van der Waals surface area contributed by atoms with Gasteiger partial charge < -0.3 is 9.47 Å². The molecule has 2 heterocycles. The van der Waals surface area contributed by atoms with Gasteiger partial charge in [-0.1, -0.05) is 0 Å². The molecule has 0 saturated heterocycles. The average molecular weight is 370 g/mol. The standard InChI is InChI=1S/C19H18N2O4S/c1-24-11-6-7-12(15(8-11)25-2)14(22)9-21-10-20-18-17(19(21)23)13-4-3-5-16(13)26-18/h6-8,10H,3-5,9H2,1-2H3. The van der Waals surface area contributed by atoms with Gasteiger partial charge in [-0.3, -0.25) is 14.2 Å². The van der Waals surface area contributed by atoms with Gasteiger partial charge in [0.2, 0.25) is 0 Å². The number of thiophene rings is 1. The molecule has 26 heavy (non-hydrogen) atoms. The molecule has 3 aromatic rings. The molecule has 0 bridgehead atoms. The minimum atomic E-state index is -0.209. The topological polar surface area (TPSA) is 70.4 Å². The molecule has 1 aliphatic carbocycles. The van der Waals surface area contributed by atoms with Crippen LogP contribution in [0.15, 0.2) is 29.3 Å². The molecule has 4 rings (SSSR count). The van der Waals surface area contributed by atoms with Crippen LogP contribution in [0, 0.1) is 0 Å². The first-order valence-corrected chi connectivity index (χ1v) is 9.19. The van der Waals surface area contributed by atoms with Gasteiger partial charge >= 0.3 is 0 Å². The van der Waals surface area contributed by atoms with E-state index < -0.39 is 0 Å². The lowest BCUT2D eigenvalue weighted by atomic mass is 10.1. The second kappa shape index (κ2) is 6.57. The zero-order valence-electron chi connectivity index (χ0n) is 14.6. The summed E-state index contributed by atoms with van der Waals surface area (Å²) in [5.74, 6) is 0.819. The highest BCUT2D eigenvalue weighted by Gasteiger charge is 2.22. The minimum absolute atomic E-state index is 0.0743. The summed E-state index contributed by atoms with van der Waals surface area (Å²) in [6.45, 7) is -0.0743. The summed E-state index contributed by atoms with van der Waals surface area (Å²) in [7, 11) is 3.05. The summed E-state index contributed by atoms with van der Waals surface area (Å²) < 4.78 is 11.8. The van der Waals surface area contributed by atoms with Crippen LogP contribution in [-0.2, 0) is 19.4 Å². The second-order valence-corrected chi connectivity index (χ2v) is 7.29. The molecule has 2 aromatic heterocycles. The molecular weight excluding hydrogens is 352 g/mol. The Morgan fingerprint density at radius 1 is 1.27 bits per heavy atom. The number of fused-ring (bicyclic) bond motifs is 3. The van der Waals surface area contributed by atoms with Crippen LogP contribution in [0.25, 0.3) is 10.2 Å². The van der Waals surface area contributed by atoms with E-state index in [1.165, 1.54) is 22.9 Å². The largest absolute Gasteiger partial charge is 0.497 e. The van der Waals surface area contributed by atoms with Crippen LogP contribution in [-0.4, -0.2) is 29.6 Å². The number of aromatic nitrogens is 2. The summed E-state index contributed by atoms with van der Waals surface area (Å²) in [5, 5.41) is 0.680. The van der Waals surface area contributed by atoms with Gasteiger partial charge in [0.05, 0.1) is 38.0 Å². The van der Waals surface area contributed by atoms with Gasteiger partial charge in [-0.25, -0.2) is 4.98 Å². The van der Waals surface area contributed by atoms with Crippen molar-refractivity contribution in [1.29, 1.82) is 0 Å². The van der Waals surface area contributed by atoms with Gasteiger partial charge in [0, 0.05) is 10.9 Å². The highest BCUT2D eigenvalue weighted by molar-refractivity contribution is 7.18. The highest BCUT2D eigenvalue weighted by Crippen LogP contribution is 2.34. The van der Waals surface area contributed by atoms with Crippen LogP contribution in [0.5, 0.6) is 11.5 Å². The van der Waals surface area contributed by atoms with E-state index in [2.05, 4.69) is 4.98 Å². The van der Waals surface area contributed by atoms with Gasteiger partial charge in [0.1, 0.15) is 16.3 Å². The number of hydrogen-bond acceptors (Lipinski definition) is 6. The molecule has 0 N–H and O–H groups in total.